The van der Waals surface area contributed by atoms with Crippen molar-refractivity contribution in [2.75, 3.05) is 11.8 Å². The van der Waals surface area contributed by atoms with Crippen LogP contribution in [-0.4, -0.2) is 33.4 Å². The molecule has 0 aliphatic rings. The van der Waals surface area contributed by atoms with Crippen molar-refractivity contribution in [2.24, 2.45) is 0 Å². The number of amides is 3. The molecule has 0 bridgehead atoms. The van der Waals surface area contributed by atoms with Gasteiger partial charge in [0, 0.05) is 18.3 Å². The molecule has 0 fully saturated rings. The molecule has 3 aromatic rings. The van der Waals surface area contributed by atoms with Crippen molar-refractivity contribution in [2.45, 2.75) is 17.9 Å². The maximum absolute atomic E-state index is 12.9. The summed E-state index contributed by atoms with van der Waals surface area (Å²) in [7, 11) is -2.66. The smallest absolute Gasteiger partial charge is 0.339 e. The number of carbonyl (C=O) groups excluding carboxylic acids is 3. The molecular weight excluding hydrogens is 458 g/mol. The van der Waals surface area contributed by atoms with Gasteiger partial charge in [0.05, 0.1) is 10.5 Å². The number of carbonyl (C=O) groups is 3. The minimum absolute atomic E-state index is 0.0826. The Hall–Kier alpha value is -4.18. The van der Waals surface area contributed by atoms with E-state index in [1.807, 2.05) is 13.0 Å². The van der Waals surface area contributed by atoms with Gasteiger partial charge < -0.3 is 10.1 Å². The first-order valence-electron chi connectivity index (χ1n) is 10.2. The van der Waals surface area contributed by atoms with Crippen LogP contribution in [0.4, 0.5) is 10.5 Å². The number of anilines is 1. The molecule has 3 N–H and O–H groups in total. The lowest BCUT2D eigenvalue weighted by Crippen LogP contribution is -2.41. The van der Waals surface area contributed by atoms with Crippen molar-refractivity contribution >= 4 is 33.6 Å². The number of nitrogens with one attached hydrogen (secondary N) is 3. The second-order valence-corrected chi connectivity index (χ2v) is 8.95. The molecule has 0 aliphatic heterocycles. The van der Waals surface area contributed by atoms with E-state index in [1.165, 1.54) is 25.2 Å². The van der Waals surface area contributed by atoms with Gasteiger partial charge in [-0.15, -0.1) is 0 Å². The number of rotatable bonds is 7. The average molecular weight is 482 g/mol. The highest BCUT2D eigenvalue weighted by Crippen LogP contribution is 2.22. The Bertz CT molecular complexity index is 1310. The monoisotopic (exact) mass is 481 g/mol. The molecular formula is C24H23N3O6S. The first kappa shape index (κ1) is 24.5. The number of ether oxygens (including phenoxy) is 1. The summed E-state index contributed by atoms with van der Waals surface area (Å²) in [6, 6.07) is 19.4. The van der Waals surface area contributed by atoms with Crippen molar-refractivity contribution < 1.29 is 27.5 Å². The summed E-state index contributed by atoms with van der Waals surface area (Å²) in [5.74, 6) is -1.79. The Kier molecular flexibility index (Phi) is 7.64. The van der Waals surface area contributed by atoms with Gasteiger partial charge >= 0.3 is 12.0 Å². The van der Waals surface area contributed by atoms with Crippen molar-refractivity contribution in [1.82, 2.24) is 10.6 Å². The van der Waals surface area contributed by atoms with Crippen LogP contribution in [0.3, 0.4) is 0 Å². The van der Waals surface area contributed by atoms with E-state index in [1.54, 1.807) is 48.5 Å². The average Bonchev–Trinajstić information content (AvgIpc) is 2.82. The molecule has 10 heteroatoms. The Morgan fingerprint density at radius 3 is 2.26 bits per heavy atom. The Morgan fingerprint density at radius 1 is 0.882 bits per heavy atom. The van der Waals surface area contributed by atoms with Crippen LogP contribution in [0, 0.1) is 6.92 Å². The third-order valence-corrected chi connectivity index (χ3v) is 6.06. The molecule has 34 heavy (non-hydrogen) atoms. The molecule has 0 radical (unpaired) electrons. The molecule has 3 rings (SSSR count). The maximum atomic E-state index is 12.9. The normalized spacial score (nSPS) is 11.7. The number of sulfonamides is 1. The van der Waals surface area contributed by atoms with Gasteiger partial charge in [0.25, 0.3) is 15.9 Å². The highest BCUT2D eigenvalue weighted by Gasteiger charge is 2.27. The van der Waals surface area contributed by atoms with E-state index in [4.69, 9.17) is 4.74 Å². The molecule has 0 saturated carbocycles. The van der Waals surface area contributed by atoms with Crippen molar-refractivity contribution in [3.8, 4) is 0 Å². The Labute approximate surface area is 197 Å². The molecule has 9 nitrogen and oxygen atoms in total. The van der Waals surface area contributed by atoms with Gasteiger partial charge in [0.2, 0.25) is 6.10 Å². The molecule has 3 aromatic carbocycles. The second kappa shape index (κ2) is 10.6. The summed E-state index contributed by atoms with van der Waals surface area (Å²) in [5, 5.41) is 4.33. The number of benzene rings is 3. The number of aryl methyl sites for hydroxylation is 1. The maximum Gasteiger partial charge on any atom is 0.339 e. The van der Waals surface area contributed by atoms with Crippen molar-refractivity contribution in [1.29, 1.82) is 0 Å². The summed E-state index contributed by atoms with van der Waals surface area (Å²) in [5.41, 5.74) is 1.51. The largest absolute Gasteiger partial charge is 0.444 e. The zero-order valence-electron chi connectivity index (χ0n) is 18.4. The predicted molar refractivity (Wildman–Crippen MR) is 126 cm³/mol. The van der Waals surface area contributed by atoms with Gasteiger partial charge in [-0.2, -0.15) is 0 Å². The van der Waals surface area contributed by atoms with Crippen LogP contribution in [0.15, 0.2) is 83.8 Å². The second-order valence-electron chi connectivity index (χ2n) is 7.27. The third kappa shape index (κ3) is 6.20. The van der Waals surface area contributed by atoms with E-state index in [9.17, 15) is 22.8 Å². The van der Waals surface area contributed by atoms with E-state index in [0.717, 1.165) is 11.6 Å². The zero-order chi connectivity index (χ0) is 24.7. The molecule has 1 unspecified atom stereocenters. The van der Waals surface area contributed by atoms with Gasteiger partial charge in [-0.3, -0.25) is 14.8 Å². The number of urea groups is 1. The van der Waals surface area contributed by atoms with Crippen LogP contribution in [0.1, 0.15) is 27.6 Å². The zero-order valence-corrected chi connectivity index (χ0v) is 19.3. The van der Waals surface area contributed by atoms with Crippen LogP contribution < -0.4 is 15.4 Å². The van der Waals surface area contributed by atoms with E-state index >= 15 is 0 Å². The number of hydrogen-bond donors (Lipinski definition) is 3. The van der Waals surface area contributed by atoms with Crippen LogP contribution in [0.25, 0.3) is 0 Å². The molecule has 3 amide bonds. The topological polar surface area (TPSA) is 131 Å². The fourth-order valence-electron chi connectivity index (χ4n) is 3.03. The molecule has 1 atom stereocenters. The molecule has 0 heterocycles. The molecule has 176 valence electrons. The van der Waals surface area contributed by atoms with Gasteiger partial charge in [-0.1, -0.05) is 48.5 Å². The van der Waals surface area contributed by atoms with Crippen molar-refractivity contribution in [3.63, 3.8) is 0 Å². The summed E-state index contributed by atoms with van der Waals surface area (Å²) in [4.78, 5) is 36.9. The first-order chi connectivity index (χ1) is 16.2. The van der Waals surface area contributed by atoms with Crippen LogP contribution in [0.2, 0.25) is 0 Å². The first-order valence-corrected chi connectivity index (χ1v) is 11.7. The summed E-state index contributed by atoms with van der Waals surface area (Å²) < 4.78 is 33.5. The molecule has 0 aliphatic carbocycles. The van der Waals surface area contributed by atoms with E-state index in [-0.39, 0.29) is 10.5 Å². The summed E-state index contributed by atoms with van der Waals surface area (Å²) in [6.45, 7) is 1.83. The SMILES string of the molecule is CNC(=O)NC(=O)C(OC(=O)c1cccc(S(=O)(=O)Nc2cccc(C)c2)c1)c1ccccc1. The van der Waals surface area contributed by atoms with E-state index < -0.39 is 34.0 Å². The van der Waals surface area contributed by atoms with Gasteiger partial charge in [0.1, 0.15) is 0 Å². The third-order valence-electron chi connectivity index (χ3n) is 4.68. The minimum Gasteiger partial charge on any atom is -0.444 e. The van der Waals surface area contributed by atoms with Crippen LogP contribution in [-0.2, 0) is 19.6 Å². The standard InChI is InChI=1S/C24H23N3O6S/c1-16-8-6-12-19(14-16)27-34(31,32)20-13-7-11-18(15-20)23(29)33-21(17-9-4-3-5-10-17)22(28)26-24(30)25-2/h3-15,21,27H,1-2H3,(H2,25,26,28,30). The predicted octanol–water partition coefficient (Wildman–Crippen LogP) is 3.15. The molecule has 0 saturated heterocycles. The minimum atomic E-state index is -3.99. The number of esters is 1. The van der Waals surface area contributed by atoms with E-state index in [2.05, 4.69) is 15.4 Å². The Balaban J connectivity index is 1.85. The lowest BCUT2D eigenvalue weighted by molar-refractivity contribution is -0.129. The molecule has 0 spiro atoms. The quantitative estimate of drug-likeness (QED) is 0.445. The van der Waals surface area contributed by atoms with Crippen LogP contribution in [0.5, 0.6) is 0 Å². The number of hydrogen-bond acceptors (Lipinski definition) is 6. The summed E-state index contributed by atoms with van der Waals surface area (Å²) >= 11 is 0. The van der Waals surface area contributed by atoms with E-state index in [0.29, 0.717) is 11.3 Å². The highest BCUT2D eigenvalue weighted by molar-refractivity contribution is 7.92. The number of imide groups is 1. The van der Waals surface area contributed by atoms with Crippen LogP contribution >= 0.6 is 0 Å². The fourth-order valence-corrected chi connectivity index (χ4v) is 4.12. The fraction of sp³-hybridized carbons (Fsp3) is 0.125. The van der Waals surface area contributed by atoms with Gasteiger partial charge in [0.15, 0.2) is 0 Å². The lowest BCUT2D eigenvalue weighted by Gasteiger charge is -2.18. The highest BCUT2D eigenvalue weighted by atomic mass is 32.2. The van der Waals surface area contributed by atoms with Gasteiger partial charge in [-0.25, -0.2) is 18.0 Å². The summed E-state index contributed by atoms with van der Waals surface area (Å²) in [6.07, 6.45) is -1.43. The Morgan fingerprint density at radius 2 is 1.59 bits per heavy atom. The lowest BCUT2D eigenvalue weighted by atomic mass is 10.1. The van der Waals surface area contributed by atoms with Gasteiger partial charge in [-0.05, 0) is 42.8 Å². The van der Waals surface area contributed by atoms with Crippen molar-refractivity contribution in [3.05, 3.63) is 95.6 Å². The molecule has 0 aromatic heterocycles.